The quantitative estimate of drug-likeness (QED) is 0.681. The van der Waals surface area contributed by atoms with Crippen molar-refractivity contribution in [2.24, 2.45) is 11.3 Å². The van der Waals surface area contributed by atoms with E-state index in [2.05, 4.69) is 0 Å². The van der Waals surface area contributed by atoms with Crippen LogP contribution in [-0.4, -0.2) is 24.9 Å². The van der Waals surface area contributed by atoms with E-state index >= 15 is 0 Å². The number of aliphatic hydroxyl groups is 1. The first kappa shape index (κ1) is 8.52. The van der Waals surface area contributed by atoms with E-state index in [4.69, 9.17) is 9.84 Å². The lowest BCUT2D eigenvalue weighted by Crippen LogP contribution is -2.30. The van der Waals surface area contributed by atoms with Gasteiger partial charge >= 0.3 is 0 Å². The van der Waals surface area contributed by atoms with Crippen LogP contribution in [-0.2, 0) is 4.74 Å². The van der Waals surface area contributed by atoms with Crippen LogP contribution in [0.1, 0.15) is 32.1 Å². The molecule has 0 aromatic heterocycles. The summed E-state index contributed by atoms with van der Waals surface area (Å²) in [5.41, 5.74) is 0.391. The van der Waals surface area contributed by atoms with Gasteiger partial charge < -0.3 is 9.84 Å². The van der Waals surface area contributed by atoms with E-state index in [1.165, 1.54) is 32.1 Å². The van der Waals surface area contributed by atoms with Crippen LogP contribution in [0.2, 0.25) is 0 Å². The van der Waals surface area contributed by atoms with Gasteiger partial charge in [-0.25, -0.2) is 0 Å². The van der Waals surface area contributed by atoms with Gasteiger partial charge in [0.2, 0.25) is 0 Å². The van der Waals surface area contributed by atoms with Crippen LogP contribution < -0.4 is 0 Å². The van der Waals surface area contributed by atoms with E-state index in [1.54, 1.807) is 0 Å². The van der Waals surface area contributed by atoms with Gasteiger partial charge in [-0.3, -0.25) is 0 Å². The normalized spacial score (nSPS) is 46.5. The summed E-state index contributed by atoms with van der Waals surface area (Å²) in [4.78, 5) is 0. The Morgan fingerprint density at radius 3 is 2.92 bits per heavy atom. The zero-order valence-corrected chi connectivity index (χ0v) is 7.75. The molecule has 2 heteroatoms. The van der Waals surface area contributed by atoms with Gasteiger partial charge in [-0.15, -0.1) is 0 Å². The molecule has 0 bridgehead atoms. The molecule has 0 amide bonds. The van der Waals surface area contributed by atoms with Crippen molar-refractivity contribution < 1.29 is 9.84 Å². The fourth-order valence-electron chi connectivity index (χ4n) is 2.93. The zero-order chi connectivity index (χ0) is 8.60. The molecular weight excluding hydrogens is 152 g/mol. The first-order valence-electron chi connectivity index (χ1n) is 4.97. The Morgan fingerprint density at radius 1 is 1.50 bits per heavy atom. The average Bonchev–Trinajstić information content (AvgIpc) is 2.81. The highest BCUT2D eigenvalue weighted by molar-refractivity contribution is 5.08. The summed E-state index contributed by atoms with van der Waals surface area (Å²) in [6.07, 6.45) is 6.74. The maximum atomic E-state index is 9.08. The van der Waals surface area contributed by atoms with Gasteiger partial charge in [0.25, 0.3) is 0 Å². The summed E-state index contributed by atoms with van der Waals surface area (Å²) in [5.74, 6) is 0.544. The average molecular weight is 170 g/mol. The molecule has 0 heterocycles. The highest BCUT2D eigenvalue weighted by Gasteiger charge is 2.59. The molecule has 3 atom stereocenters. The van der Waals surface area contributed by atoms with Crippen LogP contribution in [0.3, 0.4) is 0 Å². The number of aliphatic hydroxyl groups excluding tert-OH is 1. The molecule has 2 aliphatic carbocycles. The van der Waals surface area contributed by atoms with E-state index in [0.29, 0.717) is 24.0 Å². The first-order valence-corrected chi connectivity index (χ1v) is 4.97. The van der Waals surface area contributed by atoms with Gasteiger partial charge in [-0.2, -0.15) is 0 Å². The Labute approximate surface area is 73.9 Å². The number of ether oxygens (including phenoxy) is 1. The molecule has 0 aliphatic heterocycles. The largest absolute Gasteiger partial charge is 0.396 e. The Balaban J connectivity index is 2.02. The van der Waals surface area contributed by atoms with E-state index in [0.717, 1.165) is 0 Å². The molecule has 2 saturated carbocycles. The Kier molecular flexibility index (Phi) is 2.13. The predicted octanol–water partition coefficient (Wildman–Crippen LogP) is 1.57. The molecule has 1 spiro atoms. The molecule has 12 heavy (non-hydrogen) atoms. The van der Waals surface area contributed by atoms with Crippen molar-refractivity contribution in [1.29, 1.82) is 0 Å². The van der Waals surface area contributed by atoms with Crippen LogP contribution in [0.15, 0.2) is 0 Å². The van der Waals surface area contributed by atoms with Crippen molar-refractivity contribution >= 4 is 0 Å². The third kappa shape index (κ3) is 1.09. The fourth-order valence-corrected chi connectivity index (χ4v) is 2.93. The SMILES string of the molecule is COC1CCCCC12CC2CO. The van der Waals surface area contributed by atoms with Crippen molar-refractivity contribution in [1.82, 2.24) is 0 Å². The van der Waals surface area contributed by atoms with Crippen molar-refractivity contribution in [3.8, 4) is 0 Å². The molecule has 1 N–H and O–H groups in total. The van der Waals surface area contributed by atoms with Gasteiger partial charge in [-0.05, 0) is 25.2 Å². The number of hydrogen-bond donors (Lipinski definition) is 1. The van der Waals surface area contributed by atoms with E-state index < -0.39 is 0 Å². The minimum absolute atomic E-state index is 0.361. The number of methoxy groups -OCH3 is 1. The van der Waals surface area contributed by atoms with E-state index in [9.17, 15) is 0 Å². The third-order valence-electron chi connectivity index (χ3n) is 3.78. The summed E-state index contributed by atoms with van der Waals surface area (Å²) < 4.78 is 5.49. The maximum absolute atomic E-state index is 9.08. The van der Waals surface area contributed by atoms with Crippen LogP contribution in [0.5, 0.6) is 0 Å². The predicted molar refractivity (Wildman–Crippen MR) is 46.9 cm³/mol. The summed E-state index contributed by atoms with van der Waals surface area (Å²) in [6, 6.07) is 0. The summed E-state index contributed by atoms with van der Waals surface area (Å²) in [6.45, 7) is 0.361. The molecule has 70 valence electrons. The Morgan fingerprint density at radius 2 is 2.33 bits per heavy atom. The molecule has 0 aromatic rings. The zero-order valence-electron chi connectivity index (χ0n) is 7.75. The minimum atomic E-state index is 0.361. The molecule has 2 nitrogen and oxygen atoms in total. The fraction of sp³-hybridized carbons (Fsp3) is 1.00. The standard InChI is InChI=1S/C10H18O2/c1-12-9-4-2-3-5-10(9)6-8(10)7-11/h8-9,11H,2-7H2,1H3. The molecule has 0 radical (unpaired) electrons. The van der Waals surface area contributed by atoms with Crippen LogP contribution in [0.25, 0.3) is 0 Å². The smallest absolute Gasteiger partial charge is 0.0631 e. The van der Waals surface area contributed by atoms with E-state index in [1.807, 2.05) is 7.11 Å². The summed E-state index contributed by atoms with van der Waals surface area (Å²) in [7, 11) is 1.81. The molecule has 0 aromatic carbocycles. The van der Waals surface area contributed by atoms with Crippen molar-refractivity contribution in [3.05, 3.63) is 0 Å². The van der Waals surface area contributed by atoms with Crippen molar-refractivity contribution in [3.63, 3.8) is 0 Å². The van der Waals surface area contributed by atoms with Crippen molar-refractivity contribution in [2.75, 3.05) is 13.7 Å². The molecular formula is C10H18O2. The van der Waals surface area contributed by atoms with E-state index in [-0.39, 0.29) is 0 Å². The van der Waals surface area contributed by atoms with Gasteiger partial charge in [0.1, 0.15) is 0 Å². The van der Waals surface area contributed by atoms with Crippen LogP contribution >= 0.6 is 0 Å². The molecule has 3 unspecified atom stereocenters. The number of rotatable bonds is 2. The second-order valence-corrected chi connectivity index (χ2v) is 4.29. The molecule has 2 rings (SSSR count). The lowest BCUT2D eigenvalue weighted by molar-refractivity contribution is -0.00129. The highest BCUT2D eigenvalue weighted by atomic mass is 16.5. The molecule has 2 fully saturated rings. The topological polar surface area (TPSA) is 29.5 Å². The lowest BCUT2D eigenvalue weighted by Gasteiger charge is -2.31. The van der Waals surface area contributed by atoms with Gasteiger partial charge in [0.05, 0.1) is 6.10 Å². The molecule has 2 aliphatic rings. The second-order valence-electron chi connectivity index (χ2n) is 4.29. The first-order chi connectivity index (χ1) is 5.83. The second kappa shape index (κ2) is 3.00. The Hall–Kier alpha value is -0.0800. The summed E-state index contributed by atoms with van der Waals surface area (Å²) >= 11 is 0. The highest BCUT2D eigenvalue weighted by Crippen LogP contribution is 2.61. The maximum Gasteiger partial charge on any atom is 0.0631 e. The third-order valence-corrected chi connectivity index (χ3v) is 3.78. The van der Waals surface area contributed by atoms with Gasteiger partial charge in [0.15, 0.2) is 0 Å². The van der Waals surface area contributed by atoms with Gasteiger partial charge in [-0.1, -0.05) is 12.8 Å². The minimum Gasteiger partial charge on any atom is -0.396 e. The Bertz CT molecular complexity index is 169. The number of hydrogen-bond acceptors (Lipinski definition) is 2. The lowest BCUT2D eigenvalue weighted by atomic mass is 9.81. The van der Waals surface area contributed by atoms with Crippen LogP contribution in [0.4, 0.5) is 0 Å². The monoisotopic (exact) mass is 170 g/mol. The van der Waals surface area contributed by atoms with Gasteiger partial charge in [0, 0.05) is 19.1 Å². The summed E-state index contributed by atoms with van der Waals surface area (Å²) in [5, 5.41) is 9.08. The van der Waals surface area contributed by atoms with Crippen LogP contribution in [0, 0.1) is 11.3 Å². The van der Waals surface area contributed by atoms with Crippen molar-refractivity contribution in [2.45, 2.75) is 38.2 Å². The molecule has 0 saturated heterocycles.